The molecule has 0 unspecified atom stereocenters. The van der Waals surface area contributed by atoms with Crippen molar-refractivity contribution >= 4 is 0 Å². The molecule has 0 saturated heterocycles. The topological polar surface area (TPSA) is 35.2 Å². The number of methoxy groups -OCH3 is 1. The molecule has 0 saturated carbocycles. The smallest absolute Gasteiger partial charge is 0.0655 e. The molecule has 2 nitrogen and oxygen atoms in total. The van der Waals surface area contributed by atoms with Gasteiger partial charge >= 0.3 is 0 Å². The molecule has 0 spiro atoms. The summed E-state index contributed by atoms with van der Waals surface area (Å²) >= 11 is 0. The second-order valence-electron chi connectivity index (χ2n) is 3.51. The number of aryl methyl sites for hydroxylation is 1. The van der Waals surface area contributed by atoms with E-state index in [1.807, 2.05) is 6.07 Å². The zero-order valence-electron chi connectivity index (χ0n) is 8.99. The lowest BCUT2D eigenvalue weighted by molar-refractivity contribution is 0.180. The first-order valence-electron chi connectivity index (χ1n) is 5.12. The molecule has 1 rings (SSSR count). The largest absolute Gasteiger partial charge is 0.383 e. The summed E-state index contributed by atoms with van der Waals surface area (Å²) in [6, 6.07) is 8.34. The highest BCUT2D eigenvalue weighted by molar-refractivity contribution is 5.30. The summed E-state index contributed by atoms with van der Waals surface area (Å²) in [6.45, 7) is 2.76. The van der Waals surface area contributed by atoms with Crippen LogP contribution in [0.15, 0.2) is 24.3 Å². The standard InChI is InChI=1S/C12H19NO/c1-3-6-10-7-4-5-8-11(10)12(13)9-14-2/h4-5,7-8,12H,3,6,9,13H2,1-2H3/t12-/m0/s1. The lowest BCUT2D eigenvalue weighted by atomic mass is 9.98. The van der Waals surface area contributed by atoms with E-state index in [2.05, 4.69) is 25.1 Å². The van der Waals surface area contributed by atoms with E-state index in [1.54, 1.807) is 7.11 Å². The van der Waals surface area contributed by atoms with Gasteiger partial charge in [-0.25, -0.2) is 0 Å². The van der Waals surface area contributed by atoms with E-state index in [0.717, 1.165) is 12.8 Å². The minimum Gasteiger partial charge on any atom is -0.383 e. The van der Waals surface area contributed by atoms with E-state index in [9.17, 15) is 0 Å². The van der Waals surface area contributed by atoms with Gasteiger partial charge in [0.25, 0.3) is 0 Å². The fourth-order valence-electron chi connectivity index (χ4n) is 1.66. The summed E-state index contributed by atoms with van der Waals surface area (Å²) in [4.78, 5) is 0. The first-order chi connectivity index (χ1) is 6.79. The second-order valence-corrected chi connectivity index (χ2v) is 3.51. The average molecular weight is 193 g/mol. The van der Waals surface area contributed by atoms with Crippen molar-refractivity contribution in [1.82, 2.24) is 0 Å². The van der Waals surface area contributed by atoms with E-state index in [0.29, 0.717) is 6.61 Å². The van der Waals surface area contributed by atoms with Gasteiger partial charge in [-0.1, -0.05) is 37.6 Å². The third-order valence-corrected chi connectivity index (χ3v) is 2.32. The molecule has 0 bridgehead atoms. The van der Waals surface area contributed by atoms with Crippen LogP contribution in [-0.4, -0.2) is 13.7 Å². The second kappa shape index (κ2) is 5.78. The van der Waals surface area contributed by atoms with Crippen LogP contribution in [0.4, 0.5) is 0 Å². The van der Waals surface area contributed by atoms with Gasteiger partial charge in [-0.2, -0.15) is 0 Å². The van der Waals surface area contributed by atoms with Crippen LogP contribution in [0.2, 0.25) is 0 Å². The van der Waals surface area contributed by atoms with Crippen molar-refractivity contribution in [1.29, 1.82) is 0 Å². The van der Waals surface area contributed by atoms with Gasteiger partial charge in [-0.05, 0) is 17.5 Å². The molecule has 78 valence electrons. The molecule has 0 aliphatic carbocycles. The molecule has 1 aromatic carbocycles. The third kappa shape index (κ3) is 2.82. The Morgan fingerprint density at radius 1 is 1.36 bits per heavy atom. The Kier molecular flexibility index (Phi) is 4.63. The Morgan fingerprint density at radius 2 is 2.07 bits per heavy atom. The zero-order valence-corrected chi connectivity index (χ0v) is 8.99. The Morgan fingerprint density at radius 3 is 2.71 bits per heavy atom. The van der Waals surface area contributed by atoms with Crippen LogP contribution in [0.1, 0.15) is 30.5 Å². The number of hydrogen-bond acceptors (Lipinski definition) is 2. The molecule has 1 atom stereocenters. The lowest BCUT2D eigenvalue weighted by Crippen LogP contribution is -2.17. The molecular weight excluding hydrogens is 174 g/mol. The number of ether oxygens (including phenoxy) is 1. The summed E-state index contributed by atoms with van der Waals surface area (Å²) in [5, 5.41) is 0. The molecule has 0 aromatic heterocycles. The summed E-state index contributed by atoms with van der Waals surface area (Å²) in [5.41, 5.74) is 8.58. The summed E-state index contributed by atoms with van der Waals surface area (Å²) < 4.78 is 5.07. The van der Waals surface area contributed by atoms with Gasteiger partial charge in [0.15, 0.2) is 0 Å². The maximum atomic E-state index is 6.01. The maximum Gasteiger partial charge on any atom is 0.0655 e. The number of rotatable bonds is 5. The number of nitrogens with two attached hydrogens (primary N) is 1. The predicted molar refractivity (Wildman–Crippen MR) is 59.2 cm³/mol. The van der Waals surface area contributed by atoms with Crippen molar-refractivity contribution in [3.05, 3.63) is 35.4 Å². The molecule has 0 aliphatic heterocycles. The van der Waals surface area contributed by atoms with Gasteiger partial charge in [0.1, 0.15) is 0 Å². The van der Waals surface area contributed by atoms with Crippen LogP contribution < -0.4 is 5.73 Å². The van der Waals surface area contributed by atoms with E-state index in [4.69, 9.17) is 10.5 Å². The third-order valence-electron chi connectivity index (χ3n) is 2.32. The number of benzene rings is 1. The van der Waals surface area contributed by atoms with Crippen LogP contribution in [-0.2, 0) is 11.2 Å². The fourth-order valence-corrected chi connectivity index (χ4v) is 1.66. The van der Waals surface area contributed by atoms with Crippen molar-refractivity contribution in [2.45, 2.75) is 25.8 Å². The summed E-state index contributed by atoms with van der Waals surface area (Å²) in [5.74, 6) is 0. The monoisotopic (exact) mass is 193 g/mol. The molecule has 2 N–H and O–H groups in total. The van der Waals surface area contributed by atoms with Crippen molar-refractivity contribution in [2.75, 3.05) is 13.7 Å². The first kappa shape index (κ1) is 11.2. The van der Waals surface area contributed by atoms with Crippen molar-refractivity contribution in [3.63, 3.8) is 0 Å². The van der Waals surface area contributed by atoms with Crippen LogP contribution >= 0.6 is 0 Å². The molecule has 2 heteroatoms. The summed E-state index contributed by atoms with van der Waals surface area (Å²) in [7, 11) is 1.68. The van der Waals surface area contributed by atoms with Crippen LogP contribution in [0.5, 0.6) is 0 Å². The van der Waals surface area contributed by atoms with E-state index >= 15 is 0 Å². The van der Waals surface area contributed by atoms with Gasteiger partial charge < -0.3 is 10.5 Å². The van der Waals surface area contributed by atoms with Gasteiger partial charge in [0.2, 0.25) is 0 Å². The Labute approximate surface area is 86.1 Å². The van der Waals surface area contributed by atoms with Gasteiger partial charge in [-0.15, -0.1) is 0 Å². The normalized spacial score (nSPS) is 12.8. The molecule has 0 amide bonds. The van der Waals surface area contributed by atoms with E-state index in [1.165, 1.54) is 11.1 Å². The maximum absolute atomic E-state index is 6.01. The van der Waals surface area contributed by atoms with Gasteiger partial charge in [-0.3, -0.25) is 0 Å². The molecular formula is C12H19NO. The van der Waals surface area contributed by atoms with Crippen molar-refractivity contribution in [2.24, 2.45) is 5.73 Å². The highest BCUT2D eigenvalue weighted by Gasteiger charge is 2.09. The first-order valence-corrected chi connectivity index (χ1v) is 5.12. The number of hydrogen-bond donors (Lipinski definition) is 1. The SMILES string of the molecule is CCCc1ccccc1[C@@H](N)COC. The Hall–Kier alpha value is -0.860. The van der Waals surface area contributed by atoms with Gasteiger partial charge in [0.05, 0.1) is 12.6 Å². The predicted octanol–water partition coefficient (Wildman–Crippen LogP) is 2.29. The van der Waals surface area contributed by atoms with E-state index in [-0.39, 0.29) is 6.04 Å². The van der Waals surface area contributed by atoms with Crippen molar-refractivity contribution in [3.8, 4) is 0 Å². The molecule has 0 fully saturated rings. The van der Waals surface area contributed by atoms with Gasteiger partial charge in [0, 0.05) is 7.11 Å². The Balaban J connectivity index is 2.82. The van der Waals surface area contributed by atoms with Crippen molar-refractivity contribution < 1.29 is 4.74 Å². The van der Waals surface area contributed by atoms with Crippen LogP contribution in [0.25, 0.3) is 0 Å². The summed E-state index contributed by atoms with van der Waals surface area (Å²) in [6.07, 6.45) is 2.24. The molecule has 0 radical (unpaired) electrons. The highest BCUT2D eigenvalue weighted by Crippen LogP contribution is 2.17. The van der Waals surface area contributed by atoms with Crippen LogP contribution in [0.3, 0.4) is 0 Å². The quantitative estimate of drug-likeness (QED) is 0.778. The van der Waals surface area contributed by atoms with E-state index < -0.39 is 0 Å². The highest BCUT2D eigenvalue weighted by atomic mass is 16.5. The molecule has 1 aromatic rings. The minimum absolute atomic E-state index is 0.00255. The minimum atomic E-state index is 0.00255. The average Bonchev–Trinajstić information content (AvgIpc) is 2.19. The fraction of sp³-hybridized carbons (Fsp3) is 0.500. The molecule has 0 heterocycles. The van der Waals surface area contributed by atoms with Crippen LogP contribution in [0, 0.1) is 0 Å². The molecule has 0 aliphatic rings. The zero-order chi connectivity index (χ0) is 10.4. The Bertz CT molecular complexity index is 273. The lowest BCUT2D eigenvalue weighted by Gasteiger charge is -2.15. The molecule has 14 heavy (non-hydrogen) atoms.